The fourth-order valence-electron chi connectivity index (χ4n) is 4.27. The molecule has 0 radical (unpaired) electrons. The molecule has 172 valence electrons. The Kier molecular flexibility index (Phi) is 6.40. The third-order valence-electron chi connectivity index (χ3n) is 6.08. The lowest BCUT2D eigenvalue weighted by Crippen LogP contribution is -2.46. The summed E-state index contributed by atoms with van der Waals surface area (Å²) in [5.41, 5.74) is -3.03. The third-order valence-corrected chi connectivity index (χ3v) is 7.90. The number of carbonyl (C=O) groups excluding carboxylic acids is 1. The second-order valence-electron chi connectivity index (χ2n) is 7.88. The van der Waals surface area contributed by atoms with Gasteiger partial charge in [-0.2, -0.15) is 9.57 Å². The zero-order chi connectivity index (χ0) is 24.4. The number of sulfonamides is 1. The Hall–Kier alpha value is -3.55. The molecule has 33 heavy (non-hydrogen) atoms. The van der Waals surface area contributed by atoms with E-state index in [0.29, 0.717) is 5.56 Å². The highest BCUT2D eigenvalue weighted by atomic mass is 32.2. The van der Waals surface area contributed by atoms with E-state index in [4.69, 9.17) is 4.74 Å². The lowest BCUT2D eigenvalue weighted by atomic mass is 9.63. The number of hydrogen-bond acceptors (Lipinski definition) is 7. The van der Waals surface area contributed by atoms with E-state index >= 15 is 0 Å². The zero-order valence-electron chi connectivity index (χ0n) is 18.2. The number of hydrogen-bond donors (Lipinski definition) is 0. The molecule has 0 bridgehead atoms. The highest BCUT2D eigenvalue weighted by molar-refractivity contribution is 7.89. The molecule has 1 saturated heterocycles. The molecule has 1 fully saturated rings. The van der Waals surface area contributed by atoms with Crippen LogP contribution < -0.4 is 0 Å². The molecule has 0 N–H and O–H groups in total. The number of esters is 1. The molecule has 3 atom stereocenters. The van der Waals surface area contributed by atoms with Crippen molar-refractivity contribution in [2.24, 2.45) is 10.8 Å². The average Bonchev–Trinajstić information content (AvgIpc) is 3.10. The molecule has 9 nitrogen and oxygen atoms in total. The van der Waals surface area contributed by atoms with Gasteiger partial charge in [0.1, 0.15) is 0 Å². The number of nitrogens with zero attached hydrogens (tertiary/aromatic N) is 3. The van der Waals surface area contributed by atoms with Gasteiger partial charge in [-0.05, 0) is 24.6 Å². The van der Waals surface area contributed by atoms with Crippen molar-refractivity contribution in [2.75, 3.05) is 13.2 Å². The van der Waals surface area contributed by atoms with Gasteiger partial charge >= 0.3 is 5.97 Å². The number of ether oxygens (including phenoxy) is 1. The molecule has 2 aromatic carbocycles. The van der Waals surface area contributed by atoms with Crippen LogP contribution in [0.15, 0.2) is 72.1 Å². The molecular formula is C23H23N3O6S. The van der Waals surface area contributed by atoms with E-state index in [9.17, 15) is 28.6 Å². The van der Waals surface area contributed by atoms with E-state index in [2.05, 4.69) is 12.6 Å². The summed E-state index contributed by atoms with van der Waals surface area (Å²) in [6.45, 7) is 6.78. The average molecular weight is 470 g/mol. The monoisotopic (exact) mass is 469 g/mol. The summed E-state index contributed by atoms with van der Waals surface area (Å²) in [4.78, 5) is 23.5. The van der Waals surface area contributed by atoms with Gasteiger partial charge in [-0.3, -0.25) is 14.9 Å². The maximum Gasteiger partial charge on any atom is 0.329 e. The molecular weight excluding hydrogens is 446 g/mol. The van der Waals surface area contributed by atoms with Crippen molar-refractivity contribution in [2.45, 2.75) is 24.8 Å². The van der Waals surface area contributed by atoms with Crippen LogP contribution in [0.2, 0.25) is 0 Å². The Morgan fingerprint density at radius 3 is 2.39 bits per heavy atom. The van der Waals surface area contributed by atoms with Crippen LogP contribution in [0.4, 0.5) is 5.69 Å². The summed E-state index contributed by atoms with van der Waals surface area (Å²) >= 11 is 0. The summed E-state index contributed by atoms with van der Waals surface area (Å²) in [6, 6.07) is 13.7. The second-order valence-corrected chi connectivity index (χ2v) is 9.77. The first-order valence-corrected chi connectivity index (χ1v) is 11.6. The predicted molar refractivity (Wildman–Crippen MR) is 119 cm³/mol. The van der Waals surface area contributed by atoms with Crippen LogP contribution in [0, 0.1) is 32.3 Å². The van der Waals surface area contributed by atoms with Crippen molar-refractivity contribution in [3.8, 4) is 6.07 Å². The first-order chi connectivity index (χ1) is 15.6. The minimum atomic E-state index is -4.29. The smallest absolute Gasteiger partial charge is 0.329 e. The van der Waals surface area contributed by atoms with Gasteiger partial charge in [0.25, 0.3) is 5.69 Å². The summed E-state index contributed by atoms with van der Waals surface area (Å²) < 4.78 is 33.9. The van der Waals surface area contributed by atoms with Crippen molar-refractivity contribution in [1.29, 1.82) is 5.26 Å². The number of non-ortho nitro benzene ring substituents is 1. The Morgan fingerprint density at radius 2 is 1.91 bits per heavy atom. The van der Waals surface area contributed by atoms with Crippen molar-refractivity contribution >= 4 is 21.7 Å². The first-order valence-electron chi connectivity index (χ1n) is 10.1. The van der Waals surface area contributed by atoms with Gasteiger partial charge in [0, 0.05) is 24.1 Å². The Balaban J connectivity index is 2.28. The van der Waals surface area contributed by atoms with Crippen molar-refractivity contribution in [1.82, 2.24) is 4.31 Å². The molecule has 10 heteroatoms. The van der Waals surface area contributed by atoms with Gasteiger partial charge < -0.3 is 4.74 Å². The number of nitriles is 1. The third kappa shape index (κ3) is 3.69. The Labute approximate surface area is 192 Å². The lowest BCUT2D eigenvalue weighted by Gasteiger charge is -2.36. The molecule has 0 amide bonds. The molecule has 2 aromatic rings. The first kappa shape index (κ1) is 24.1. The van der Waals surface area contributed by atoms with Gasteiger partial charge in [0.05, 0.1) is 28.5 Å². The van der Waals surface area contributed by atoms with E-state index in [1.165, 1.54) is 6.08 Å². The van der Waals surface area contributed by atoms with E-state index in [1.807, 2.05) is 0 Å². The van der Waals surface area contributed by atoms with Crippen LogP contribution in [0.3, 0.4) is 0 Å². The van der Waals surface area contributed by atoms with Crippen LogP contribution in [-0.4, -0.2) is 36.8 Å². The van der Waals surface area contributed by atoms with Crippen molar-refractivity contribution in [3.05, 3.63) is 82.9 Å². The van der Waals surface area contributed by atoms with Crippen molar-refractivity contribution in [3.63, 3.8) is 0 Å². The molecule has 3 rings (SSSR count). The summed E-state index contributed by atoms with van der Waals surface area (Å²) in [6.07, 6.45) is 1.41. The molecule has 0 saturated carbocycles. The minimum absolute atomic E-state index is 0.00605. The van der Waals surface area contributed by atoms with Crippen LogP contribution in [0.1, 0.15) is 25.5 Å². The van der Waals surface area contributed by atoms with E-state index in [1.54, 1.807) is 44.2 Å². The normalized spacial score (nSPS) is 25.2. The van der Waals surface area contributed by atoms with Gasteiger partial charge in [0.15, 0.2) is 5.41 Å². The fourth-order valence-corrected chi connectivity index (χ4v) is 6.01. The van der Waals surface area contributed by atoms with Gasteiger partial charge in [-0.1, -0.05) is 43.3 Å². The van der Waals surface area contributed by atoms with E-state index in [-0.39, 0.29) is 23.7 Å². The van der Waals surface area contributed by atoms with E-state index < -0.39 is 37.8 Å². The zero-order valence-corrected chi connectivity index (χ0v) is 19.0. The minimum Gasteiger partial charge on any atom is -0.465 e. The SMILES string of the molecule is C=C[C@]1(C)CN(S(=O)(=O)c2ccc([N+](=O)[O-])cc2)[C@@H](c2ccccc2)[C@]1(C#N)C(=O)OCC. The number of benzene rings is 2. The number of rotatable bonds is 7. The molecule has 0 aromatic heterocycles. The van der Waals surface area contributed by atoms with Gasteiger partial charge in [0.2, 0.25) is 10.0 Å². The number of nitro groups is 1. The maximum absolute atomic E-state index is 13.7. The van der Waals surface area contributed by atoms with Gasteiger partial charge in [-0.25, -0.2) is 8.42 Å². The molecule has 1 heterocycles. The van der Waals surface area contributed by atoms with Gasteiger partial charge in [-0.15, -0.1) is 6.58 Å². The van der Waals surface area contributed by atoms with Crippen LogP contribution in [0.25, 0.3) is 0 Å². The summed E-state index contributed by atoms with van der Waals surface area (Å²) in [5, 5.41) is 21.4. The largest absolute Gasteiger partial charge is 0.465 e. The highest BCUT2D eigenvalue weighted by Crippen LogP contribution is 2.59. The quantitative estimate of drug-likeness (QED) is 0.262. The molecule has 0 aliphatic carbocycles. The standard InChI is InChI=1S/C23H23N3O6S/c1-4-22(3)16-25(33(30,31)19-13-11-18(12-14-19)26(28)29)20(17-9-7-6-8-10-17)23(22,15-24)21(27)32-5-2/h4,6-14,20H,1,5,16H2,2-3H3/t20-,22+,23+/m0/s1. The number of nitro benzene ring substituents is 1. The lowest BCUT2D eigenvalue weighted by molar-refractivity contribution is -0.384. The number of carbonyl (C=O) groups is 1. The Morgan fingerprint density at radius 1 is 1.30 bits per heavy atom. The summed E-state index contributed by atoms with van der Waals surface area (Å²) in [7, 11) is -4.29. The second kappa shape index (κ2) is 8.77. The fraction of sp³-hybridized carbons (Fsp3) is 0.304. The van der Waals surface area contributed by atoms with Crippen LogP contribution in [0.5, 0.6) is 0 Å². The molecule has 1 aliphatic heterocycles. The topological polar surface area (TPSA) is 131 Å². The van der Waals surface area contributed by atoms with Crippen LogP contribution in [-0.2, 0) is 19.6 Å². The van der Waals surface area contributed by atoms with Crippen LogP contribution >= 0.6 is 0 Å². The highest BCUT2D eigenvalue weighted by Gasteiger charge is 2.69. The maximum atomic E-state index is 13.7. The molecule has 0 unspecified atom stereocenters. The molecule has 0 spiro atoms. The van der Waals surface area contributed by atoms with Crippen molar-refractivity contribution < 1.29 is 22.9 Å². The predicted octanol–water partition coefficient (Wildman–Crippen LogP) is 3.61. The summed E-state index contributed by atoms with van der Waals surface area (Å²) in [5.74, 6) is -0.842. The van der Waals surface area contributed by atoms with E-state index in [0.717, 1.165) is 28.6 Å². The molecule has 1 aliphatic rings. The Bertz CT molecular complexity index is 1220.